The summed E-state index contributed by atoms with van der Waals surface area (Å²) in [5.41, 5.74) is 0.879. The van der Waals surface area contributed by atoms with Crippen LogP contribution in [0, 0.1) is 0 Å². The molecule has 0 aromatic heterocycles. The Kier molecular flexibility index (Phi) is 5.92. The summed E-state index contributed by atoms with van der Waals surface area (Å²) >= 11 is 0. The number of aliphatic hydroxyl groups is 1. The fourth-order valence-corrected chi connectivity index (χ4v) is 5.97. The Balaban J connectivity index is 1.74. The fourth-order valence-electron chi connectivity index (χ4n) is 3.02. The normalized spacial score (nSPS) is 20.8. The van der Waals surface area contributed by atoms with Crippen LogP contribution in [0.2, 0.25) is 0 Å². The largest absolute Gasteiger partial charge is 0.497 e. The van der Waals surface area contributed by atoms with Gasteiger partial charge < -0.3 is 19.9 Å². The minimum atomic E-state index is -3.91. The number of sulfonamides is 1. The van der Waals surface area contributed by atoms with Gasteiger partial charge in [0.15, 0.2) is 9.84 Å². The third-order valence-corrected chi connectivity index (χ3v) is 7.61. The molecule has 0 aliphatic carbocycles. The molecule has 158 valence electrons. The van der Waals surface area contributed by atoms with Crippen molar-refractivity contribution < 1.29 is 31.4 Å². The van der Waals surface area contributed by atoms with Gasteiger partial charge in [-0.1, -0.05) is 0 Å². The Morgan fingerprint density at radius 3 is 2.21 bits per heavy atom. The van der Waals surface area contributed by atoms with Crippen LogP contribution in [0.25, 0.3) is 0 Å². The summed E-state index contributed by atoms with van der Waals surface area (Å²) in [7, 11) is -4.34. The molecule has 0 bridgehead atoms. The first-order chi connectivity index (χ1) is 13.6. The van der Waals surface area contributed by atoms with E-state index in [9.17, 15) is 21.9 Å². The number of methoxy groups -OCH3 is 2. The van der Waals surface area contributed by atoms with Crippen molar-refractivity contribution in [1.29, 1.82) is 0 Å². The van der Waals surface area contributed by atoms with Gasteiger partial charge in [0.2, 0.25) is 0 Å². The van der Waals surface area contributed by atoms with Crippen LogP contribution in [0.3, 0.4) is 0 Å². The minimum Gasteiger partial charge on any atom is -0.497 e. The molecule has 0 radical (unpaired) electrons. The second-order valence-corrected chi connectivity index (χ2v) is 10.4. The molecule has 0 amide bonds. The Hall–Kier alpha value is -2.50. The van der Waals surface area contributed by atoms with Crippen LogP contribution >= 0.6 is 0 Å². The molecule has 3 N–H and O–H groups in total. The van der Waals surface area contributed by atoms with E-state index in [1.807, 2.05) is 0 Å². The van der Waals surface area contributed by atoms with E-state index in [2.05, 4.69) is 10.0 Å². The zero-order valence-corrected chi connectivity index (χ0v) is 17.5. The van der Waals surface area contributed by atoms with Crippen molar-refractivity contribution in [2.24, 2.45) is 0 Å². The highest BCUT2D eigenvalue weighted by molar-refractivity contribution is 7.93. The van der Waals surface area contributed by atoms with Gasteiger partial charge in [-0.25, -0.2) is 16.8 Å². The zero-order chi connectivity index (χ0) is 21.2. The number of anilines is 2. The van der Waals surface area contributed by atoms with Crippen LogP contribution in [0.4, 0.5) is 11.4 Å². The molecule has 1 aliphatic rings. The number of sulfone groups is 1. The van der Waals surface area contributed by atoms with Crippen molar-refractivity contribution in [3.8, 4) is 11.5 Å². The number of hydrogen-bond acceptors (Lipinski definition) is 8. The van der Waals surface area contributed by atoms with Gasteiger partial charge in [-0.05, 0) is 36.4 Å². The molecule has 0 spiro atoms. The molecule has 2 aromatic carbocycles. The van der Waals surface area contributed by atoms with Gasteiger partial charge >= 0.3 is 0 Å². The smallest absolute Gasteiger partial charge is 0.265 e. The second-order valence-electron chi connectivity index (χ2n) is 6.59. The summed E-state index contributed by atoms with van der Waals surface area (Å²) in [6.07, 6.45) is -0.985. The van der Waals surface area contributed by atoms with Crippen LogP contribution in [0.1, 0.15) is 0 Å². The number of benzene rings is 2. The molecular formula is C18H22N2O7S2. The fraction of sp³-hybridized carbons (Fsp3) is 0.333. The number of hydrogen-bond donors (Lipinski definition) is 3. The van der Waals surface area contributed by atoms with Gasteiger partial charge in [0.1, 0.15) is 16.4 Å². The number of rotatable bonds is 7. The lowest BCUT2D eigenvalue weighted by atomic mass is 10.2. The average Bonchev–Trinajstić information content (AvgIpc) is 2.93. The predicted molar refractivity (Wildman–Crippen MR) is 109 cm³/mol. The van der Waals surface area contributed by atoms with Crippen molar-refractivity contribution in [2.45, 2.75) is 17.0 Å². The van der Waals surface area contributed by atoms with Crippen molar-refractivity contribution in [2.75, 3.05) is 35.8 Å². The first-order valence-electron chi connectivity index (χ1n) is 8.63. The molecule has 2 atom stereocenters. The molecule has 29 heavy (non-hydrogen) atoms. The van der Waals surface area contributed by atoms with E-state index in [0.717, 1.165) is 0 Å². The topological polar surface area (TPSA) is 131 Å². The maximum atomic E-state index is 12.7. The van der Waals surface area contributed by atoms with Gasteiger partial charge in [-0.2, -0.15) is 0 Å². The highest BCUT2D eigenvalue weighted by Crippen LogP contribution is 2.30. The Morgan fingerprint density at radius 1 is 1.00 bits per heavy atom. The Labute approximate surface area is 169 Å². The van der Waals surface area contributed by atoms with E-state index in [1.165, 1.54) is 44.6 Å². The molecule has 1 fully saturated rings. The van der Waals surface area contributed by atoms with Crippen molar-refractivity contribution in [1.82, 2.24) is 0 Å². The summed E-state index contributed by atoms with van der Waals surface area (Å²) in [5, 5.41) is 12.8. The number of ether oxygens (including phenoxy) is 2. The molecule has 0 saturated carbocycles. The van der Waals surface area contributed by atoms with Crippen molar-refractivity contribution in [3.05, 3.63) is 42.5 Å². The molecule has 1 aliphatic heterocycles. The standard InChI is InChI=1S/C18H22N2O7S2/c1-26-14-7-8-18(17(9-14)27-2)29(24,25)20-13-5-3-12(4-6-13)19-15-10-28(22,23)11-16(15)21/h3-9,15-16,19-21H,10-11H2,1-2H3/t15-,16+/m0/s1. The maximum absolute atomic E-state index is 12.7. The first kappa shape index (κ1) is 21.2. The van der Waals surface area contributed by atoms with Crippen LogP contribution in [-0.4, -0.2) is 59.8 Å². The van der Waals surface area contributed by atoms with Gasteiger partial charge in [0.25, 0.3) is 10.0 Å². The Bertz CT molecular complexity index is 1080. The lowest BCUT2D eigenvalue weighted by molar-refractivity contribution is 0.190. The van der Waals surface area contributed by atoms with Crippen LogP contribution < -0.4 is 19.5 Å². The van der Waals surface area contributed by atoms with Gasteiger partial charge in [0, 0.05) is 17.4 Å². The molecule has 1 saturated heterocycles. The van der Waals surface area contributed by atoms with E-state index in [4.69, 9.17) is 9.47 Å². The molecule has 0 unspecified atom stereocenters. The quantitative estimate of drug-likeness (QED) is 0.580. The minimum absolute atomic E-state index is 0.0395. The summed E-state index contributed by atoms with van der Waals surface area (Å²) in [5.74, 6) is 0.186. The lowest BCUT2D eigenvalue weighted by Gasteiger charge is -2.17. The molecule has 3 rings (SSSR count). The van der Waals surface area contributed by atoms with E-state index >= 15 is 0 Å². The molecule has 11 heteroatoms. The SMILES string of the molecule is COc1ccc(S(=O)(=O)Nc2ccc(N[C@H]3CS(=O)(=O)C[C@H]3O)cc2)c(OC)c1. The van der Waals surface area contributed by atoms with E-state index in [0.29, 0.717) is 17.1 Å². The lowest BCUT2D eigenvalue weighted by Crippen LogP contribution is -2.31. The summed E-state index contributed by atoms with van der Waals surface area (Å²) in [6, 6.07) is 10.0. The van der Waals surface area contributed by atoms with Crippen molar-refractivity contribution >= 4 is 31.2 Å². The highest BCUT2D eigenvalue weighted by Gasteiger charge is 2.36. The highest BCUT2D eigenvalue weighted by atomic mass is 32.2. The number of aliphatic hydroxyl groups excluding tert-OH is 1. The molecule has 2 aromatic rings. The zero-order valence-electron chi connectivity index (χ0n) is 15.8. The number of nitrogens with one attached hydrogen (secondary N) is 2. The molecule has 1 heterocycles. The van der Waals surface area contributed by atoms with Crippen molar-refractivity contribution in [3.63, 3.8) is 0 Å². The third kappa shape index (κ3) is 4.92. The summed E-state index contributed by atoms with van der Waals surface area (Å²) < 4.78 is 61.3. The monoisotopic (exact) mass is 442 g/mol. The molecule has 9 nitrogen and oxygen atoms in total. The summed E-state index contributed by atoms with van der Waals surface area (Å²) in [4.78, 5) is -0.0395. The van der Waals surface area contributed by atoms with E-state index in [1.54, 1.807) is 12.1 Å². The van der Waals surface area contributed by atoms with Crippen LogP contribution in [-0.2, 0) is 19.9 Å². The maximum Gasteiger partial charge on any atom is 0.265 e. The van der Waals surface area contributed by atoms with Crippen LogP contribution in [0.15, 0.2) is 47.4 Å². The van der Waals surface area contributed by atoms with Gasteiger partial charge in [0.05, 0.1) is 37.9 Å². The summed E-state index contributed by atoms with van der Waals surface area (Å²) in [6.45, 7) is 0. The van der Waals surface area contributed by atoms with Crippen LogP contribution in [0.5, 0.6) is 11.5 Å². The average molecular weight is 443 g/mol. The third-order valence-electron chi connectivity index (χ3n) is 4.47. The second kappa shape index (κ2) is 8.09. The molecular weight excluding hydrogens is 420 g/mol. The van der Waals surface area contributed by atoms with E-state index < -0.39 is 32.0 Å². The Morgan fingerprint density at radius 2 is 1.66 bits per heavy atom. The predicted octanol–water partition coefficient (Wildman–Crippen LogP) is 1.07. The van der Waals surface area contributed by atoms with Gasteiger partial charge in [-0.3, -0.25) is 4.72 Å². The first-order valence-corrected chi connectivity index (χ1v) is 11.9. The van der Waals surface area contributed by atoms with Gasteiger partial charge in [-0.15, -0.1) is 0 Å². The van der Waals surface area contributed by atoms with E-state index in [-0.39, 0.29) is 22.2 Å².